The number of quaternary nitrogens is 1. The van der Waals surface area contributed by atoms with Gasteiger partial charge in [-0.15, -0.1) is 0 Å². The number of carbonyl (C=O) groups is 1. The number of fused-ring (bicyclic) bond motifs is 10. The van der Waals surface area contributed by atoms with E-state index >= 15 is 0 Å². The maximum Gasteiger partial charge on any atom is 0.252 e. The summed E-state index contributed by atoms with van der Waals surface area (Å²) in [5.41, 5.74) is 12.4. The summed E-state index contributed by atoms with van der Waals surface area (Å²) in [4.78, 5) is 14.1. The van der Waals surface area contributed by atoms with Gasteiger partial charge in [-0.1, -0.05) is 36.4 Å². The Kier molecular flexibility index (Phi) is 2.35. The molecule has 0 radical (unpaired) electrons. The zero-order valence-electron chi connectivity index (χ0n) is 13.9. The van der Waals surface area contributed by atoms with Gasteiger partial charge in [-0.3, -0.25) is 9.69 Å². The van der Waals surface area contributed by atoms with Gasteiger partial charge in [0.1, 0.15) is 11.4 Å². The minimum absolute atomic E-state index is 0.0767. The number of hydrogen-bond donors (Lipinski definition) is 2. The van der Waals surface area contributed by atoms with Crippen molar-refractivity contribution >= 4 is 17.3 Å². The fourth-order valence-corrected chi connectivity index (χ4v) is 4.99. The molecule has 0 spiro atoms. The van der Waals surface area contributed by atoms with E-state index in [2.05, 4.69) is 60.9 Å². The van der Waals surface area contributed by atoms with Gasteiger partial charge in [0.15, 0.2) is 0 Å². The van der Waals surface area contributed by atoms with Gasteiger partial charge in [0.05, 0.1) is 18.2 Å². The summed E-state index contributed by atoms with van der Waals surface area (Å²) in [6.45, 7) is 0.633. The van der Waals surface area contributed by atoms with Crippen LogP contribution in [-0.4, -0.2) is 13.0 Å². The van der Waals surface area contributed by atoms with Gasteiger partial charge in [0, 0.05) is 35.7 Å². The van der Waals surface area contributed by atoms with Crippen molar-refractivity contribution in [3.05, 3.63) is 70.8 Å². The molecule has 2 aliphatic heterocycles. The Labute approximate surface area is 145 Å². The lowest BCUT2D eigenvalue weighted by atomic mass is 9.89. The zero-order valence-corrected chi connectivity index (χ0v) is 13.9. The summed E-state index contributed by atoms with van der Waals surface area (Å²) in [5, 5.41) is 3.07. The first-order valence-corrected chi connectivity index (χ1v) is 8.77. The average molecular weight is 325 g/mol. The van der Waals surface area contributed by atoms with Gasteiger partial charge < -0.3 is 5.32 Å². The molecule has 2 heterocycles. The molecule has 6 rings (SSSR count). The molecule has 0 aromatic heterocycles. The molecule has 120 valence electrons. The van der Waals surface area contributed by atoms with Crippen LogP contribution in [0.2, 0.25) is 0 Å². The van der Waals surface area contributed by atoms with Gasteiger partial charge in [0.2, 0.25) is 0 Å². The van der Waals surface area contributed by atoms with Crippen LogP contribution in [0.4, 0.5) is 11.4 Å². The van der Waals surface area contributed by atoms with E-state index in [1.54, 1.807) is 0 Å². The van der Waals surface area contributed by atoms with E-state index in [4.69, 9.17) is 0 Å². The molecule has 0 bridgehead atoms. The van der Waals surface area contributed by atoms with E-state index in [1.165, 1.54) is 55.2 Å². The Morgan fingerprint density at radius 1 is 0.880 bits per heavy atom. The highest BCUT2D eigenvalue weighted by Gasteiger charge is 2.42. The highest BCUT2D eigenvalue weighted by molar-refractivity contribution is 6.11. The van der Waals surface area contributed by atoms with Crippen LogP contribution < -0.4 is 10.2 Å². The normalized spacial score (nSPS) is 18.3. The first kappa shape index (κ1) is 13.4. The lowest BCUT2D eigenvalue weighted by Crippen LogP contribution is -2.97. The zero-order chi connectivity index (χ0) is 16.7. The molecule has 1 aliphatic carbocycles. The predicted octanol–water partition coefficient (Wildman–Crippen LogP) is 2.96. The van der Waals surface area contributed by atoms with Crippen LogP contribution in [0, 0.1) is 0 Å². The number of amides is 1. The first-order chi connectivity index (χ1) is 12.3. The molecule has 1 atom stereocenters. The Balaban J connectivity index is 1.79. The number of nitrogens with one attached hydrogen (secondary N) is 2. The number of hydrogen-bond acceptors (Lipinski definition) is 1. The maximum absolute atomic E-state index is 12.7. The largest absolute Gasteiger partial charge is 0.348 e. The smallest absolute Gasteiger partial charge is 0.252 e. The number of rotatable bonds is 0. The van der Waals surface area contributed by atoms with Crippen LogP contribution in [-0.2, 0) is 13.0 Å². The standard InChI is InChI=1S/C22H16N2O/c1-24-17-9-5-4-8-14(17)19-16-11-23-22(25)20(16)18-13-7-3-2-6-12(13)10-15(18)21(19)24/h2-9H,10-11H2,1H3,(H,23,25)/p+1. The summed E-state index contributed by atoms with van der Waals surface area (Å²) >= 11 is 0. The highest BCUT2D eigenvalue weighted by atomic mass is 16.1. The van der Waals surface area contributed by atoms with E-state index in [0.29, 0.717) is 6.54 Å². The van der Waals surface area contributed by atoms with Crippen LogP contribution in [0.3, 0.4) is 0 Å². The highest BCUT2D eigenvalue weighted by Crippen LogP contribution is 2.52. The van der Waals surface area contributed by atoms with Crippen LogP contribution in [0.1, 0.15) is 27.0 Å². The summed E-state index contributed by atoms with van der Waals surface area (Å²) in [7, 11) is 2.23. The number of carbonyl (C=O) groups excluding carboxylic acids is 1. The van der Waals surface area contributed by atoms with Crippen molar-refractivity contribution in [2.75, 3.05) is 7.05 Å². The molecule has 3 aromatic carbocycles. The molecule has 0 fully saturated rings. The van der Waals surface area contributed by atoms with Crippen molar-refractivity contribution in [3.63, 3.8) is 0 Å². The third-order valence-electron chi connectivity index (χ3n) is 5.99. The van der Waals surface area contributed by atoms with Gasteiger partial charge in [-0.05, 0) is 22.8 Å². The summed E-state index contributed by atoms with van der Waals surface area (Å²) in [6.07, 6.45) is 0.916. The quantitative estimate of drug-likeness (QED) is 0.512. The van der Waals surface area contributed by atoms with E-state index in [1.807, 2.05) is 0 Å². The van der Waals surface area contributed by atoms with E-state index < -0.39 is 0 Å². The molecule has 25 heavy (non-hydrogen) atoms. The van der Waals surface area contributed by atoms with Crippen LogP contribution >= 0.6 is 0 Å². The molecule has 3 nitrogen and oxygen atoms in total. The molecule has 0 saturated carbocycles. The third kappa shape index (κ3) is 1.48. The predicted molar refractivity (Wildman–Crippen MR) is 97.5 cm³/mol. The molecule has 3 heteroatoms. The second-order valence-corrected chi connectivity index (χ2v) is 7.14. The summed E-state index contributed by atoms with van der Waals surface area (Å²) < 4.78 is 0. The fraction of sp³-hybridized carbons (Fsp3) is 0.136. The molecule has 3 aromatic rings. The van der Waals surface area contributed by atoms with Crippen molar-refractivity contribution in [1.82, 2.24) is 5.32 Å². The molecule has 0 saturated heterocycles. The van der Waals surface area contributed by atoms with E-state index in [0.717, 1.165) is 12.0 Å². The topological polar surface area (TPSA) is 33.5 Å². The minimum Gasteiger partial charge on any atom is -0.348 e. The second kappa shape index (κ2) is 4.38. The fourth-order valence-electron chi connectivity index (χ4n) is 4.99. The Morgan fingerprint density at radius 3 is 2.52 bits per heavy atom. The summed E-state index contributed by atoms with van der Waals surface area (Å²) in [5.74, 6) is 0.0767. The van der Waals surface area contributed by atoms with Gasteiger partial charge in [-0.25, -0.2) is 0 Å². The van der Waals surface area contributed by atoms with E-state index in [-0.39, 0.29) is 5.91 Å². The molecule has 1 amide bonds. The number of para-hydroxylation sites is 1. The van der Waals surface area contributed by atoms with Crippen molar-refractivity contribution in [1.29, 1.82) is 0 Å². The molecule has 2 N–H and O–H groups in total. The lowest BCUT2D eigenvalue weighted by molar-refractivity contribution is -0.731. The SMILES string of the molecule is C[NH+]1c2ccccc2-c2c3c(c4c(c21)Cc1ccccc1-4)C(=O)NC3. The molecule has 1 unspecified atom stereocenters. The van der Waals surface area contributed by atoms with Crippen molar-refractivity contribution < 1.29 is 9.69 Å². The monoisotopic (exact) mass is 325 g/mol. The van der Waals surface area contributed by atoms with E-state index in [9.17, 15) is 4.79 Å². The molecule has 3 aliphatic rings. The maximum atomic E-state index is 12.7. The van der Waals surface area contributed by atoms with Gasteiger partial charge in [0.25, 0.3) is 5.91 Å². The van der Waals surface area contributed by atoms with Crippen molar-refractivity contribution in [2.45, 2.75) is 13.0 Å². The van der Waals surface area contributed by atoms with Crippen LogP contribution in [0.15, 0.2) is 48.5 Å². The minimum atomic E-state index is 0.0767. The van der Waals surface area contributed by atoms with Crippen molar-refractivity contribution in [2.24, 2.45) is 0 Å². The van der Waals surface area contributed by atoms with Gasteiger partial charge in [-0.2, -0.15) is 0 Å². The second-order valence-electron chi connectivity index (χ2n) is 7.14. The molecular formula is C22H17N2O+. The Morgan fingerprint density at radius 2 is 1.64 bits per heavy atom. The van der Waals surface area contributed by atoms with Gasteiger partial charge >= 0.3 is 0 Å². The Bertz CT molecular complexity index is 1110. The molecular weight excluding hydrogens is 308 g/mol. The first-order valence-electron chi connectivity index (χ1n) is 8.77. The number of benzene rings is 3. The third-order valence-corrected chi connectivity index (χ3v) is 5.99. The lowest BCUT2D eigenvalue weighted by Gasteiger charge is -2.15. The van der Waals surface area contributed by atoms with Crippen LogP contribution in [0.5, 0.6) is 0 Å². The van der Waals surface area contributed by atoms with Crippen LogP contribution in [0.25, 0.3) is 22.3 Å². The summed E-state index contributed by atoms with van der Waals surface area (Å²) in [6, 6.07) is 17.1. The average Bonchev–Trinajstić information content (AvgIpc) is 3.28. The van der Waals surface area contributed by atoms with Crippen molar-refractivity contribution in [3.8, 4) is 22.3 Å². The Hall–Kier alpha value is -2.91.